The minimum absolute atomic E-state index is 0.0217. The van der Waals surface area contributed by atoms with Crippen molar-refractivity contribution < 1.29 is 4.79 Å². The highest BCUT2D eigenvalue weighted by molar-refractivity contribution is 5.78. The lowest BCUT2D eigenvalue weighted by Crippen LogP contribution is -2.35. The Morgan fingerprint density at radius 2 is 2.38 bits per heavy atom. The van der Waals surface area contributed by atoms with Gasteiger partial charge in [0.25, 0.3) is 0 Å². The van der Waals surface area contributed by atoms with Gasteiger partial charge in [0, 0.05) is 19.5 Å². The van der Waals surface area contributed by atoms with Crippen molar-refractivity contribution in [3.05, 3.63) is 12.2 Å². The van der Waals surface area contributed by atoms with Crippen LogP contribution in [0.4, 0.5) is 0 Å². The van der Waals surface area contributed by atoms with Gasteiger partial charge in [0.1, 0.15) is 6.33 Å². The topological polar surface area (TPSA) is 71.8 Å². The maximum Gasteiger partial charge on any atom is 0.224 e. The van der Waals surface area contributed by atoms with Gasteiger partial charge in [-0.15, -0.1) is 0 Å². The largest absolute Gasteiger partial charge is 0.348 e. The van der Waals surface area contributed by atoms with E-state index in [1.165, 1.54) is 0 Å². The third kappa shape index (κ3) is 3.98. The second-order valence-corrected chi connectivity index (χ2v) is 3.76. The van der Waals surface area contributed by atoms with Gasteiger partial charge in [-0.25, -0.2) is 4.98 Å². The summed E-state index contributed by atoms with van der Waals surface area (Å²) in [6, 6.07) is 0. The summed E-state index contributed by atoms with van der Waals surface area (Å²) in [5, 5.41) is 10.0. The smallest absolute Gasteiger partial charge is 0.224 e. The molecule has 16 heavy (non-hydrogen) atoms. The maximum atomic E-state index is 11.6. The van der Waals surface area contributed by atoms with Gasteiger partial charge in [-0.05, 0) is 6.54 Å². The SMILES string of the molecule is CCNCC(C)C(=O)NCc1ncn(C)n1. The van der Waals surface area contributed by atoms with Crippen molar-refractivity contribution in [3.8, 4) is 0 Å². The highest BCUT2D eigenvalue weighted by Gasteiger charge is 2.12. The lowest BCUT2D eigenvalue weighted by Gasteiger charge is -2.11. The molecule has 0 bridgehead atoms. The van der Waals surface area contributed by atoms with Crippen LogP contribution in [0.2, 0.25) is 0 Å². The van der Waals surface area contributed by atoms with Crippen LogP contribution in [-0.2, 0) is 18.4 Å². The Labute approximate surface area is 95.4 Å². The highest BCUT2D eigenvalue weighted by atomic mass is 16.1. The summed E-state index contributed by atoms with van der Waals surface area (Å²) >= 11 is 0. The summed E-state index contributed by atoms with van der Waals surface area (Å²) in [5.74, 6) is 0.614. The van der Waals surface area contributed by atoms with Gasteiger partial charge < -0.3 is 10.6 Å². The van der Waals surface area contributed by atoms with Crippen molar-refractivity contribution in [2.75, 3.05) is 13.1 Å². The van der Waals surface area contributed by atoms with E-state index in [4.69, 9.17) is 0 Å². The first-order chi connectivity index (χ1) is 7.63. The zero-order valence-corrected chi connectivity index (χ0v) is 10.0. The number of nitrogens with zero attached hydrogens (tertiary/aromatic N) is 3. The van der Waals surface area contributed by atoms with Crippen molar-refractivity contribution in [1.82, 2.24) is 25.4 Å². The Kier molecular flexibility index (Phi) is 4.91. The van der Waals surface area contributed by atoms with Crippen LogP contribution in [0.1, 0.15) is 19.7 Å². The second kappa shape index (κ2) is 6.22. The Morgan fingerprint density at radius 3 is 2.94 bits per heavy atom. The van der Waals surface area contributed by atoms with E-state index in [-0.39, 0.29) is 11.8 Å². The van der Waals surface area contributed by atoms with Crippen molar-refractivity contribution in [2.45, 2.75) is 20.4 Å². The molecule has 0 aromatic carbocycles. The minimum Gasteiger partial charge on any atom is -0.348 e. The van der Waals surface area contributed by atoms with Gasteiger partial charge >= 0.3 is 0 Å². The number of aromatic nitrogens is 3. The molecule has 1 rings (SSSR count). The molecule has 6 nitrogen and oxygen atoms in total. The molecule has 90 valence electrons. The van der Waals surface area contributed by atoms with Gasteiger partial charge in [0.15, 0.2) is 5.82 Å². The molecule has 2 N–H and O–H groups in total. The third-order valence-corrected chi connectivity index (χ3v) is 2.22. The molecule has 1 aromatic heterocycles. The van der Waals surface area contributed by atoms with E-state index < -0.39 is 0 Å². The van der Waals surface area contributed by atoms with Crippen LogP contribution in [0.15, 0.2) is 6.33 Å². The molecule has 0 radical (unpaired) electrons. The number of nitrogens with one attached hydrogen (secondary N) is 2. The second-order valence-electron chi connectivity index (χ2n) is 3.76. The fraction of sp³-hybridized carbons (Fsp3) is 0.700. The van der Waals surface area contributed by atoms with E-state index in [1.807, 2.05) is 13.8 Å². The first-order valence-corrected chi connectivity index (χ1v) is 5.46. The number of aryl methyl sites for hydroxylation is 1. The summed E-state index contributed by atoms with van der Waals surface area (Å²) in [4.78, 5) is 15.6. The number of rotatable bonds is 6. The van der Waals surface area contributed by atoms with E-state index in [9.17, 15) is 4.79 Å². The zero-order chi connectivity index (χ0) is 12.0. The molecule has 1 aromatic rings. The molecule has 6 heteroatoms. The van der Waals surface area contributed by atoms with Crippen molar-refractivity contribution >= 4 is 5.91 Å². The average molecular weight is 225 g/mol. The number of hydrogen-bond acceptors (Lipinski definition) is 4. The highest BCUT2D eigenvalue weighted by Crippen LogP contribution is 1.94. The van der Waals surface area contributed by atoms with Crippen LogP contribution in [-0.4, -0.2) is 33.8 Å². The number of carbonyl (C=O) groups excluding carboxylic acids is 1. The summed E-state index contributed by atoms with van der Waals surface area (Å²) < 4.78 is 1.61. The molecule has 0 spiro atoms. The molecule has 0 fully saturated rings. The molecular formula is C10H19N5O. The fourth-order valence-electron chi connectivity index (χ4n) is 1.26. The van der Waals surface area contributed by atoms with Crippen molar-refractivity contribution in [3.63, 3.8) is 0 Å². The van der Waals surface area contributed by atoms with Crippen LogP contribution >= 0.6 is 0 Å². The molecule has 0 aliphatic heterocycles. The summed E-state index contributed by atoms with van der Waals surface area (Å²) in [6.45, 7) is 5.86. The Bertz CT molecular complexity index is 336. The van der Waals surface area contributed by atoms with Gasteiger partial charge in [-0.3, -0.25) is 9.48 Å². The summed E-state index contributed by atoms with van der Waals surface area (Å²) in [5.41, 5.74) is 0. The molecule has 1 unspecified atom stereocenters. The third-order valence-electron chi connectivity index (χ3n) is 2.22. The molecule has 1 amide bonds. The predicted molar refractivity (Wildman–Crippen MR) is 60.6 cm³/mol. The molecule has 1 heterocycles. The van der Waals surface area contributed by atoms with Gasteiger partial charge in [0.2, 0.25) is 5.91 Å². The van der Waals surface area contributed by atoms with E-state index in [2.05, 4.69) is 20.7 Å². The summed E-state index contributed by atoms with van der Waals surface area (Å²) in [7, 11) is 1.80. The normalized spacial score (nSPS) is 12.4. The molecular weight excluding hydrogens is 206 g/mol. The van der Waals surface area contributed by atoms with Gasteiger partial charge in [-0.2, -0.15) is 5.10 Å². The molecule has 0 aliphatic carbocycles. The monoisotopic (exact) mass is 225 g/mol. The number of hydrogen-bond donors (Lipinski definition) is 2. The van der Waals surface area contributed by atoms with E-state index >= 15 is 0 Å². The summed E-state index contributed by atoms with van der Waals surface area (Å²) in [6.07, 6.45) is 1.61. The van der Waals surface area contributed by atoms with Gasteiger partial charge in [0.05, 0.1) is 6.54 Å². The van der Waals surface area contributed by atoms with Crippen LogP contribution < -0.4 is 10.6 Å². The molecule has 0 aliphatic rings. The predicted octanol–water partition coefficient (Wildman–Crippen LogP) is -0.323. The number of amides is 1. The van der Waals surface area contributed by atoms with Gasteiger partial charge in [-0.1, -0.05) is 13.8 Å². The van der Waals surface area contributed by atoms with Crippen LogP contribution in [0.3, 0.4) is 0 Å². The fourth-order valence-corrected chi connectivity index (χ4v) is 1.26. The quantitative estimate of drug-likeness (QED) is 0.696. The molecule has 0 saturated carbocycles. The van der Waals surface area contributed by atoms with E-state index in [0.717, 1.165) is 6.54 Å². The standard InChI is InChI=1S/C10H19N5O/c1-4-11-5-8(2)10(16)12-6-9-13-7-15(3)14-9/h7-8,11H,4-6H2,1-3H3,(H,12,16). The van der Waals surface area contributed by atoms with E-state index in [1.54, 1.807) is 18.1 Å². The number of carbonyl (C=O) groups is 1. The van der Waals surface area contributed by atoms with Crippen molar-refractivity contribution in [2.24, 2.45) is 13.0 Å². The maximum absolute atomic E-state index is 11.6. The van der Waals surface area contributed by atoms with Crippen LogP contribution in [0.25, 0.3) is 0 Å². The molecule has 1 atom stereocenters. The molecule has 0 saturated heterocycles. The lowest BCUT2D eigenvalue weighted by atomic mass is 10.1. The Balaban J connectivity index is 2.29. The Hall–Kier alpha value is -1.43. The first-order valence-electron chi connectivity index (χ1n) is 5.46. The van der Waals surface area contributed by atoms with E-state index in [0.29, 0.717) is 18.9 Å². The Morgan fingerprint density at radius 1 is 1.62 bits per heavy atom. The van der Waals surface area contributed by atoms with Crippen LogP contribution in [0.5, 0.6) is 0 Å². The van der Waals surface area contributed by atoms with Crippen molar-refractivity contribution in [1.29, 1.82) is 0 Å². The minimum atomic E-state index is -0.0383. The van der Waals surface area contributed by atoms with Crippen LogP contribution in [0, 0.1) is 5.92 Å². The first kappa shape index (κ1) is 12.6. The average Bonchev–Trinajstić information content (AvgIpc) is 2.68. The lowest BCUT2D eigenvalue weighted by molar-refractivity contribution is -0.124. The zero-order valence-electron chi connectivity index (χ0n) is 10.0.